The number of aryl methyl sites for hydroxylation is 1. The molecule has 7 heteroatoms. The lowest BCUT2D eigenvalue weighted by molar-refractivity contribution is -0.396. The van der Waals surface area contributed by atoms with E-state index in [0.717, 1.165) is 6.07 Å². The molecule has 0 radical (unpaired) electrons. The molecule has 0 aliphatic carbocycles. The van der Waals surface area contributed by atoms with Crippen molar-refractivity contribution in [1.82, 2.24) is 0 Å². The molecule has 0 fully saturated rings. The SMILES string of the molecule is CC.Cc1cc(F)c([N+](=O)[O-])cc1[N+](=O)[O-]. The Bertz CT molecular complexity index is 385. The minimum atomic E-state index is -1.07. The number of nitro groups is 2. The molecule has 0 saturated heterocycles. The summed E-state index contributed by atoms with van der Waals surface area (Å²) in [7, 11) is 0. The first-order valence-electron chi connectivity index (χ1n) is 4.52. The van der Waals surface area contributed by atoms with Gasteiger partial charge in [-0.2, -0.15) is 4.39 Å². The van der Waals surface area contributed by atoms with Gasteiger partial charge in [-0.1, -0.05) is 13.8 Å². The number of nitrogens with zero attached hydrogens (tertiary/aromatic N) is 2. The van der Waals surface area contributed by atoms with Crippen LogP contribution in [0.5, 0.6) is 0 Å². The molecule has 6 nitrogen and oxygen atoms in total. The second kappa shape index (κ2) is 5.74. The Morgan fingerprint density at radius 2 is 1.50 bits per heavy atom. The zero-order chi connectivity index (χ0) is 12.9. The van der Waals surface area contributed by atoms with Crippen LogP contribution in [0.25, 0.3) is 0 Å². The molecule has 88 valence electrons. The lowest BCUT2D eigenvalue weighted by atomic mass is 10.2. The van der Waals surface area contributed by atoms with Crippen LogP contribution < -0.4 is 0 Å². The maximum absolute atomic E-state index is 12.9. The van der Waals surface area contributed by atoms with E-state index in [1.165, 1.54) is 6.92 Å². The largest absolute Gasteiger partial charge is 0.311 e. The summed E-state index contributed by atoms with van der Waals surface area (Å²) in [4.78, 5) is 18.8. The fourth-order valence-corrected chi connectivity index (χ4v) is 0.987. The Kier molecular flexibility index (Phi) is 5.00. The predicted octanol–water partition coefficient (Wildman–Crippen LogP) is 2.98. The van der Waals surface area contributed by atoms with E-state index in [1.54, 1.807) is 0 Å². The van der Waals surface area contributed by atoms with E-state index in [9.17, 15) is 24.6 Å². The van der Waals surface area contributed by atoms with Gasteiger partial charge in [-0.25, -0.2) is 0 Å². The number of benzene rings is 1. The maximum Gasteiger partial charge on any atom is 0.311 e. The Morgan fingerprint density at radius 3 is 1.88 bits per heavy atom. The maximum atomic E-state index is 12.9. The number of rotatable bonds is 2. The summed E-state index contributed by atoms with van der Waals surface area (Å²) in [6, 6.07) is 1.39. The summed E-state index contributed by atoms with van der Waals surface area (Å²) >= 11 is 0. The molecule has 0 bridgehead atoms. The van der Waals surface area contributed by atoms with E-state index < -0.39 is 27.0 Å². The van der Waals surface area contributed by atoms with E-state index in [4.69, 9.17) is 0 Å². The monoisotopic (exact) mass is 230 g/mol. The standard InChI is InChI=1S/C7H5FN2O4.C2H6/c1-4-2-5(8)7(10(13)14)3-6(4)9(11)12;1-2/h2-3H,1H3;1-2H3. The smallest absolute Gasteiger partial charge is 0.258 e. The minimum Gasteiger partial charge on any atom is -0.258 e. The van der Waals surface area contributed by atoms with Crippen LogP contribution >= 0.6 is 0 Å². The first-order valence-corrected chi connectivity index (χ1v) is 4.52. The Balaban J connectivity index is 0.00000106. The van der Waals surface area contributed by atoms with Crippen LogP contribution in [-0.4, -0.2) is 9.85 Å². The van der Waals surface area contributed by atoms with Gasteiger partial charge in [0.25, 0.3) is 5.69 Å². The van der Waals surface area contributed by atoms with Crippen LogP contribution in [-0.2, 0) is 0 Å². The highest BCUT2D eigenvalue weighted by Crippen LogP contribution is 2.26. The molecular weight excluding hydrogens is 219 g/mol. The number of halogens is 1. The molecule has 0 aromatic heterocycles. The van der Waals surface area contributed by atoms with Crippen LogP contribution in [0.1, 0.15) is 19.4 Å². The van der Waals surface area contributed by atoms with Crippen molar-refractivity contribution in [2.24, 2.45) is 0 Å². The van der Waals surface area contributed by atoms with E-state index in [2.05, 4.69) is 0 Å². The number of hydrogen-bond acceptors (Lipinski definition) is 4. The summed E-state index contributed by atoms with van der Waals surface area (Å²) in [5.74, 6) is -1.07. The molecule has 0 atom stereocenters. The zero-order valence-electron chi connectivity index (χ0n) is 9.06. The van der Waals surface area contributed by atoms with Crippen molar-refractivity contribution in [2.75, 3.05) is 0 Å². The average molecular weight is 230 g/mol. The van der Waals surface area contributed by atoms with Crippen molar-refractivity contribution in [2.45, 2.75) is 20.8 Å². The first kappa shape index (κ1) is 13.9. The Morgan fingerprint density at radius 1 is 1.06 bits per heavy atom. The van der Waals surface area contributed by atoms with Crippen LogP contribution in [0.15, 0.2) is 12.1 Å². The topological polar surface area (TPSA) is 86.3 Å². The molecule has 0 heterocycles. The molecule has 16 heavy (non-hydrogen) atoms. The van der Waals surface area contributed by atoms with Gasteiger partial charge in [0.2, 0.25) is 5.82 Å². The van der Waals surface area contributed by atoms with Crippen molar-refractivity contribution in [3.05, 3.63) is 43.7 Å². The van der Waals surface area contributed by atoms with E-state index >= 15 is 0 Å². The summed E-state index contributed by atoms with van der Waals surface area (Å²) in [5, 5.41) is 20.6. The lowest BCUT2D eigenvalue weighted by Crippen LogP contribution is -1.97. The van der Waals surface area contributed by atoms with Gasteiger partial charge >= 0.3 is 5.69 Å². The van der Waals surface area contributed by atoms with Crippen molar-refractivity contribution < 1.29 is 14.2 Å². The first-order chi connectivity index (χ1) is 7.43. The molecule has 1 rings (SSSR count). The van der Waals surface area contributed by atoms with Crippen molar-refractivity contribution in [3.8, 4) is 0 Å². The van der Waals surface area contributed by atoms with Gasteiger partial charge in [0.15, 0.2) is 0 Å². The summed E-state index contributed by atoms with van der Waals surface area (Å²) in [6.07, 6.45) is 0. The molecule has 0 aliphatic heterocycles. The molecule has 0 unspecified atom stereocenters. The third-order valence-corrected chi connectivity index (χ3v) is 1.66. The van der Waals surface area contributed by atoms with Crippen LogP contribution in [0.3, 0.4) is 0 Å². The van der Waals surface area contributed by atoms with Crippen molar-refractivity contribution in [1.29, 1.82) is 0 Å². The van der Waals surface area contributed by atoms with Gasteiger partial charge in [-0.15, -0.1) is 0 Å². The Labute approximate surface area is 91.0 Å². The van der Waals surface area contributed by atoms with Crippen LogP contribution in [0.2, 0.25) is 0 Å². The van der Waals surface area contributed by atoms with Gasteiger partial charge in [-0.3, -0.25) is 20.2 Å². The van der Waals surface area contributed by atoms with Gasteiger partial charge in [-0.05, 0) is 13.0 Å². The third-order valence-electron chi connectivity index (χ3n) is 1.66. The second-order valence-corrected chi connectivity index (χ2v) is 2.60. The van der Waals surface area contributed by atoms with Crippen molar-refractivity contribution >= 4 is 11.4 Å². The Hall–Kier alpha value is -2.05. The fraction of sp³-hybridized carbons (Fsp3) is 0.333. The van der Waals surface area contributed by atoms with E-state index in [-0.39, 0.29) is 5.56 Å². The highest BCUT2D eigenvalue weighted by molar-refractivity contribution is 5.49. The highest BCUT2D eigenvalue weighted by atomic mass is 19.1. The number of hydrogen-bond donors (Lipinski definition) is 0. The molecule has 0 N–H and O–H groups in total. The van der Waals surface area contributed by atoms with Gasteiger partial charge < -0.3 is 0 Å². The molecule has 1 aromatic rings. The molecule has 0 saturated carbocycles. The third kappa shape index (κ3) is 2.97. The number of nitro benzene ring substituents is 2. The van der Waals surface area contributed by atoms with E-state index in [1.807, 2.05) is 13.8 Å². The van der Waals surface area contributed by atoms with E-state index in [0.29, 0.717) is 6.07 Å². The molecule has 0 spiro atoms. The molecule has 0 aliphatic rings. The molecule has 1 aromatic carbocycles. The summed E-state index contributed by atoms with van der Waals surface area (Å²) < 4.78 is 12.9. The summed E-state index contributed by atoms with van der Waals surface area (Å²) in [5.41, 5.74) is -1.29. The molecule has 0 amide bonds. The molecular formula is C9H11FN2O4. The van der Waals surface area contributed by atoms with Gasteiger partial charge in [0, 0.05) is 5.56 Å². The summed E-state index contributed by atoms with van der Waals surface area (Å²) in [6.45, 7) is 5.31. The second-order valence-electron chi connectivity index (χ2n) is 2.60. The highest BCUT2D eigenvalue weighted by Gasteiger charge is 2.22. The fourth-order valence-electron chi connectivity index (χ4n) is 0.987. The van der Waals surface area contributed by atoms with Gasteiger partial charge in [0.05, 0.1) is 15.9 Å². The minimum absolute atomic E-state index is 0.0538. The van der Waals surface area contributed by atoms with Crippen molar-refractivity contribution in [3.63, 3.8) is 0 Å². The van der Waals surface area contributed by atoms with Gasteiger partial charge in [0.1, 0.15) is 0 Å². The van der Waals surface area contributed by atoms with Crippen LogP contribution in [0, 0.1) is 33.0 Å². The normalized spacial score (nSPS) is 9.00. The lowest BCUT2D eigenvalue weighted by Gasteiger charge is -1.97. The zero-order valence-corrected chi connectivity index (χ0v) is 9.06. The quantitative estimate of drug-likeness (QED) is 0.577. The average Bonchev–Trinajstić information content (AvgIpc) is 2.19. The van der Waals surface area contributed by atoms with Crippen LogP contribution in [0.4, 0.5) is 15.8 Å². The predicted molar refractivity (Wildman–Crippen MR) is 55.8 cm³/mol.